The van der Waals surface area contributed by atoms with Gasteiger partial charge in [-0.1, -0.05) is 0 Å². The van der Waals surface area contributed by atoms with Crippen LogP contribution in [-0.2, 0) is 10.3 Å². The largest absolute Gasteiger partial charge is 0.326 e. The van der Waals surface area contributed by atoms with Gasteiger partial charge in [0.2, 0.25) is 10.3 Å². The topological polar surface area (TPSA) is 46.2 Å². The highest BCUT2D eigenvalue weighted by atomic mass is 32.2. The molecule has 0 aliphatic carbocycles. The molecule has 0 heterocycles. The number of rotatable bonds is 2. The van der Waals surface area contributed by atoms with Crippen LogP contribution in [0.15, 0.2) is 0 Å². The van der Waals surface area contributed by atoms with Gasteiger partial charge in [-0.25, -0.2) is 0 Å². The van der Waals surface area contributed by atoms with Crippen molar-refractivity contribution in [3.05, 3.63) is 0 Å². The third-order valence-electron chi connectivity index (χ3n) is 1.10. The smallest absolute Gasteiger partial charge is 0.234 e. The van der Waals surface area contributed by atoms with Gasteiger partial charge in [-0.3, -0.25) is 5.32 Å². The van der Waals surface area contributed by atoms with E-state index >= 15 is 0 Å². The standard InChI is InChI=1S/C6H15N2O2S/c1-7-6(11(9)10)5-8(2,3)4/h7H,5H2,1-4H3/q+1. The Labute approximate surface area is 68.9 Å². The van der Waals surface area contributed by atoms with Gasteiger partial charge in [0.15, 0.2) is 4.99 Å². The number of likely N-dealkylation sites (N-methyl/N-ethyl adjacent to an activating group) is 2. The summed E-state index contributed by atoms with van der Waals surface area (Å²) in [6, 6.07) is 0. The lowest BCUT2D eigenvalue weighted by Crippen LogP contribution is -2.43. The summed E-state index contributed by atoms with van der Waals surface area (Å²) in [5, 5.41) is 2.65. The zero-order chi connectivity index (χ0) is 9.07. The van der Waals surface area contributed by atoms with Gasteiger partial charge in [0, 0.05) is 0 Å². The van der Waals surface area contributed by atoms with Crippen molar-refractivity contribution in [2.45, 2.75) is 0 Å². The highest BCUT2D eigenvalue weighted by Gasteiger charge is 2.11. The average molecular weight is 179 g/mol. The van der Waals surface area contributed by atoms with Gasteiger partial charge in [-0.05, 0) is 7.05 Å². The molecule has 0 aromatic rings. The first-order chi connectivity index (χ1) is 4.87. The van der Waals surface area contributed by atoms with Crippen LogP contribution in [0, 0.1) is 0 Å². The van der Waals surface area contributed by atoms with Crippen molar-refractivity contribution >= 4 is 15.3 Å². The van der Waals surface area contributed by atoms with Gasteiger partial charge in [0.1, 0.15) is 6.54 Å². The summed E-state index contributed by atoms with van der Waals surface area (Å²) in [6.45, 7) is 0.493. The minimum absolute atomic E-state index is 0.345. The van der Waals surface area contributed by atoms with E-state index in [1.165, 1.54) is 0 Å². The summed E-state index contributed by atoms with van der Waals surface area (Å²) in [5.74, 6) is 0. The Morgan fingerprint density at radius 1 is 1.36 bits per heavy atom. The zero-order valence-corrected chi connectivity index (χ0v) is 8.20. The number of quaternary nitrogens is 1. The van der Waals surface area contributed by atoms with E-state index < -0.39 is 10.3 Å². The van der Waals surface area contributed by atoms with Gasteiger partial charge >= 0.3 is 0 Å². The lowest BCUT2D eigenvalue weighted by atomic mass is 10.5. The monoisotopic (exact) mass is 179 g/mol. The first-order valence-electron chi connectivity index (χ1n) is 3.30. The molecule has 0 bridgehead atoms. The predicted octanol–water partition coefficient (Wildman–Crippen LogP) is -1.08. The van der Waals surface area contributed by atoms with Crippen molar-refractivity contribution in [2.24, 2.45) is 0 Å². The normalized spacial score (nSPS) is 11.3. The molecular formula is C6H15N2O2S+. The average Bonchev–Trinajstić information content (AvgIpc) is 1.80. The molecule has 0 spiro atoms. The Morgan fingerprint density at radius 3 is 1.91 bits per heavy atom. The van der Waals surface area contributed by atoms with E-state index in [0.717, 1.165) is 0 Å². The molecule has 0 saturated heterocycles. The third-order valence-corrected chi connectivity index (χ3v) is 1.83. The first-order valence-corrected chi connectivity index (χ1v) is 4.37. The van der Waals surface area contributed by atoms with E-state index in [0.29, 0.717) is 16.0 Å². The lowest BCUT2D eigenvalue weighted by molar-refractivity contribution is -0.860. The Bertz CT molecular complexity index is 240. The molecule has 4 nitrogen and oxygen atoms in total. The molecule has 0 amide bonds. The molecule has 0 unspecified atom stereocenters. The molecule has 11 heavy (non-hydrogen) atoms. The summed E-state index contributed by atoms with van der Waals surface area (Å²) in [6.07, 6.45) is 0. The van der Waals surface area contributed by atoms with E-state index in [1.54, 1.807) is 7.05 Å². The van der Waals surface area contributed by atoms with Gasteiger partial charge in [0.25, 0.3) is 0 Å². The number of hydrogen-bond donors (Lipinski definition) is 1. The van der Waals surface area contributed by atoms with Crippen LogP contribution in [0.1, 0.15) is 0 Å². The van der Waals surface area contributed by atoms with Gasteiger partial charge in [-0.2, -0.15) is 8.42 Å². The van der Waals surface area contributed by atoms with Crippen LogP contribution in [-0.4, -0.2) is 52.6 Å². The number of nitrogens with zero attached hydrogens (tertiary/aromatic N) is 1. The van der Waals surface area contributed by atoms with Gasteiger partial charge < -0.3 is 4.48 Å². The molecule has 0 aliphatic heterocycles. The molecule has 0 rings (SSSR count). The van der Waals surface area contributed by atoms with Crippen LogP contribution in [0.25, 0.3) is 0 Å². The second-order valence-corrected chi connectivity index (χ2v) is 4.32. The summed E-state index contributed by atoms with van der Waals surface area (Å²) in [4.78, 5) is 0.345. The lowest BCUT2D eigenvalue weighted by Gasteiger charge is -2.23. The van der Waals surface area contributed by atoms with E-state index in [1.807, 2.05) is 21.1 Å². The molecular weight excluding hydrogens is 164 g/mol. The van der Waals surface area contributed by atoms with E-state index in [-0.39, 0.29) is 0 Å². The van der Waals surface area contributed by atoms with E-state index in [4.69, 9.17) is 0 Å². The van der Waals surface area contributed by atoms with Crippen molar-refractivity contribution in [3.8, 4) is 0 Å². The van der Waals surface area contributed by atoms with Crippen LogP contribution in [0.4, 0.5) is 0 Å². The fourth-order valence-electron chi connectivity index (χ4n) is 0.646. The molecule has 0 saturated carbocycles. The fraction of sp³-hybridized carbons (Fsp3) is 0.833. The Kier molecular flexibility index (Phi) is 3.71. The molecule has 5 heteroatoms. The molecule has 66 valence electrons. The molecule has 0 fully saturated rings. The van der Waals surface area contributed by atoms with E-state index in [9.17, 15) is 8.42 Å². The SMILES string of the molecule is CNC(C[N+](C)(C)C)=S(=O)=O. The van der Waals surface area contributed by atoms with E-state index in [2.05, 4.69) is 5.32 Å². The summed E-state index contributed by atoms with van der Waals surface area (Å²) in [5.41, 5.74) is 0. The highest BCUT2D eigenvalue weighted by Crippen LogP contribution is 1.87. The predicted molar refractivity (Wildman–Crippen MR) is 45.9 cm³/mol. The first kappa shape index (κ1) is 10.6. The molecule has 0 aliphatic rings. The maximum Gasteiger partial charge on any atom is 0.234 e. The summed E-state index contributed by atoms with van der Waals surface area (Å²) < 4.78 is 21.6. The van der Waals surface area contributed by atoms with Gasteiger partial charge in [0.05, 0.1) is 21.1 Å². The number of hydrogen-bond acceptors (Lipinski definition) is 2. The molecule has 0 radical (unpaired) electrons. The zero-order valence-electron chi connectivity index (χ0n) is 7.38. The second kappa shape index (κ2) is 3.85. The summed E-state index contributed by atoms with van der Waals surface area (Å²) in [7, 11) is 5.31. The third kappa shape index (κ3) is 4.94. The molecule has 1 N–H and O–H groups in total. The maximum atomic E-state index is 10.5. The van der Waals surface area contributed by atoms with Crippen LogP contribution < -0.4 is 5.32 Å². The quantitative estimate of drug-likeness (QED) is 0.433. The maximum absolute atomic E-state index is 10.5. The Morgan fingerprint density at radius 2 is 1.82 bits per heavy atom. The Hall–Kier alpha value is -0.390. The van der Waals surface area contributed by atoms with Crippen LogP contribution in [0.2, 0.25) is 0 Å². The van der Waals surface area contributed by atoms with Crippen molar-refractivity contribution in [1.82, 2.24) is 5.32 Å². The summed E-state index contributed by atoms with van der Waals surface area (Å²) >= 11 is 0. The minimum Gasteiger partial charge on any atom is -0.326 e. The fourth-order valence-corrected chi connectivity index (χ4v) is 1.31. The minimum atomic E-state index is -2.11. The van der Waals surface area contributed by atoms with Crippen molar-refractivity contribution < 1.29 is 12.9 Å². The van der Waals surface area contributed by atoms with Gasteiger partial charge in [-0.15, -0.1) is 0 Å². The van der Waals surface area contributed by atoms with Crippen molar-refractivity contribution in [3.63, 3.8) is 0 Å². The second-order valence-electron chi connectivity index (χ2n) is 3.36. The molecule has 0 aromatic heterocycles. The number of nitrogens with one attached hydrogen (secondary N) is 1. The van der Waals surface area contributed by atoms with Crippen LogP contribution >= 0.6 is 0 Å². The van der Waals surface area contributed by atoms with Crippen LogP contribution in [0.3, 0.4) is 0 Å². The highest BCUT2D eigenvalue weighted by molar-refractivity contribution is 7.72. The van der Waals surface area contributed by atoms with Crippen molar-refractivity contribution in [1.29, 1.82) is 0 Å². The molecule has 0 atom stereocenters. The molecule has 0 aromatic carbocycles. The van der Waals surface area contributed by atoms with Crippen LogP contribution in [0.5, 0.6) is 0 Å². The van der Waals surface area contributed by atoms with Crippen molar-refractivity contribution in [2.75, 3.05) is 34.7 Å². The Balaban J connectivity index is 4.50.